The number of carbonyl (C=O) groups is 1. The molecular formula is C12H14F3N3O3. The van der Waals surface area contributed by atoms with Crippen molar-refractivity contribution < 1.29 is 27.8 Å². The number of nitrogens with one attached hydrogen (secondary N) is 2. The number of anilines is 1. The normalized spacial score (nSPS) is 24.9. The number of aliphatic hydroxyl groups is 1. The highest BCUT2D eigenvalue weighted by molar-refractivity contribution is 5.89. The number of methoxy groups -OCH3 is 1. The smallest absolute Gasteiger partial charge is 0.417 e. The lowest BCUT2D eigenvalue weighted by molar-refractivity contribution is -0.291. The Morgan fingerprint density at radius 1 is 1.52 bits per heavy atom. The molecule has 0 spiro atoms. The molecule has 2 amide bonds. The fourth-order valence-corrected chi connectivity index (χ4v) is 2.07. The van der Waals surface area contributed by atoms with E-state index in [1.54, 1.807) is 12.1 Å². The van der Waals surface area contributed by atoms with Crippen molar-refractivity contribution in [1.82, 2.24) is 10.3 Å². The lowest BCUT2D eigenvalue weighted by atomic mass is 9.75. The summed E-state index contributed by atoms with van der Waals surface area (Å²) >= 11 is 0. The summed E-state index contributed by atoms with van der Waals surface area (Å²) in [5.74, 6) is 0.482. The van der Waals surface area contributed by atoms with Crippen LogP contribution in [0.3, 0.4) is 0 Å². The van der Waals surface area contributed by atoms with E-state index in [4.69, 9.17) is 4.74 Å². The summed E-state index contributed by atoms with van der Waals surface area (Å²) in [7, 11) is 1.40. The van der Waals surface area contributed by atoms with E-state index < -0.39 is 36.7 Å². The monoisotopic (exact) mass is 305 g/mol. The molecule has 2 rings (SSSR count). The van der Waals surface area contributed by atoms with Crippen molar-refractivity contribution >= 4 is 11.8 Å². The van der Waals surface area contributed by atoms with Crippen LogP contribution in [-0.2, 0) is 0 Å². The van der Waals surface area contributed by atoms with E-state index in [0.717, 1.165) is 0 Å². The second-order valence-electron chi connectivity index (χ2n) is 4.79. The van der Waals surface area contributed by atoms with Gasteiger partial charge in [0.25, 0.3) is 0 Å². The molecule has 1 aromatic rings. The second-order valence-corrected chi connectivity index (χ2v) is 4.79. The van der Waals surface area contributed by atoms with Crippen LogP contribution < -0.4 is 15.4 Å². The van der Waals surface area contributed by atoms with Gasteiger partial charge in [-0.25, -0.2) is 9.78 Å². The minimum atomic E-state index is -4.69. The number of amides is 2. The van der Waals surface area contributed by atoms with Gasteiger partial charge in [-0.1, -0.05) is 0 Å². The molecule has 1 saturated carbocycles. The Morgan fingerprint density at radius 2 is 2.19 bits per heavy atom. The highest BCUT2D eigenvalue weighted by atomic mass is 19.4. The molecule has 0 radical (unpaired) electrons. The van der Waals surface area contributed by atoms with Gasteiger partial charge < -0.3 is 15.2 Å². The van der Waals surface area contributed by atoms with Crippen LogP contribution in [0.5, 0.6) is 5.75 Å². The Kier molecular flexibility index (Phi) is 3.95. The number of pyridine rings is 1. The van der Waals surface area contributed by atoms with Gasteiger partial charge in [-0.2, -0.15) is 13.2 Å². The van der Waals surface area contributed by atoms with Gasteiger partial charge in [-0.05, 0) is 12.1 Å². The van der Waals surface area contributed by atoms with Crippen LogP contribution in [0.15, 0.2) is 18.3 Å². The Balaban J connectivity index is 1.87. The fraction of sp³-hybridized carbons (Fsp3) is 0.500. The van der Waals surface area contributed by atoms with Crippen molar-refractivity contribution in [2.24, 2.45) is 0 Å². The van der Waals surface area contributed by atoms with Crippen LogP contribution >= 0.6 is 0 Å². The van der Waals surface area contributed by atoms with Crippen molar-refractivity contribution in [3.8, 4) is 5.75 Å². The summed E-state index contributed by atoms with van der Waals surface area (Å²) < 4.78 is 42.3. The maximum Gasteiger partial charge on any atom is 0.417 e. The van der Waals surface area contributed by atoms with E-state index >= 15 is 0 Å². The maximum absolute atomic E-state index is 12.4. The van der Waals surface area contributed by atoms with Gasteiger partial charge in [0, 0.05) is 25.1 Å². The number of hydrogen-bond donors (Lipinski definition) is 3. The molecule has 1 aromatic heterocycles. The van der Waals surface area contributed by atoms with Crippen LogP contribution in [0, 0.1) is 0 Å². The lowest BCUT2D eigenvalue weighted by Crippen LogP contribution is -2.62. The van der Waals surface area contributed by atoms with E-state index in [-0.39, 0.29) is 5.82 Å². The number of halogens is 3. The predicted molar refractivity (Wildman–Crippen MR) is 67.0 cm³/mol. The average Bonchev–Trinajstić information content (AvgIpc) is 2.36. The second kappa shape index (κ2) is 5.40. The van der Waals surface area contributed by atoms with Crippen molar-refractivity contribution in [2.45, 2.75) is 30.7 Å². The van der Waals surface area contributed by atoms with Crippen molar-refractivity contribution in [3.05, 3.63) is 18.3 Å². The van der Waals surface area contributed by atoms with Gasteiger partial charge in [0.15, 0.2) is 17.2 Å². The van der Waals surface area contributed by atoms with Gasteiger partial charge in [0.05, 0.1) is 7.11 Å². The molecule has 9 heteroatoms. The molecule has 3 N–H and O–H groups in total. The van der Waals surface area contributed by atoms with E-state index in [0.29, 0.717) is 5.75 Å². The van der Waals surface area contributed by atoms with Crippen LogP contribution in [0.2, 0.25) is 0 Å². The number of hydrogen-bond acceptors (Lipinski definition) is 4. The molecule has 116 valence electrons. The van der Waals surface area contributed by atoms with Crippen molar-refractivity contribution in [3.63, 3.8) is 0 Å². The number of nitrogens with zero attached hydrogens (tertiary/aromatic N) is 1. The van der Waals surface area contributed by atoms with Gasteiger partial charge in [-0.15, -0.1) is 0 Å². The number of aromatic nitrogens is 1. The van der Waals surface area contributed by atoms with Crippen LogP contribution in [-0.4, -0.2) is 41.1 Å². The first-order valence-corrected chi connectivity index (χ1v) is 6.11. The molecule has 0 aromatic carbocycles. The molecule has 1 heterocycles. The molecule has 1 aliphatic carbocycles. The van der Waals surface area contributed by atoms with Gasteiger partial charge in [0.2, 0.25) is 0 Å². The zero-order valence-corrected chi connectivity index (χ0v) is 11.1. The number of urea groups is 1. The third-order valence-corrected chi connectivity index (χ3v) is 3.25. The first-order valence-electron chi connectivity index (χ1n) is 6.11. The van der Waals surface area contributed by atoms with Gasteiger partial charge in [0.1, 0.15) is 0 Å². The highest BCUT2D eigenvalue weighted by Crippen LogP contribution is 2.45. The average molecular weight is 305 g/mol. The molecule has 1 fully saturated rings. The van der Waals surface area contributed by atoms with E-state index in [1.807, 2.05) is 0 Å². The zero-order chi connectivity index (χ0) is 15.7. The molecular weight excluding hydrogens is 291 g/mol. The minimum absolute atomic E-state index is 0.155. The number of rotatable bonds is 3. The van der Waals surface area contributed by atoms with Gasteiger partial charge >= 0.3 is 12.2 Å². The van der Waals surface area contributed by atoms with Crippen LogP contribution in [0.1, 0.15) is 12.8 Å². The summed E-state index contributed by atoms with van der Waals surface area (Å²) in [5, 5.41) is 14.0. The third kappa shape index (κ3) is 3.18. The van der Waals surface area contributed by atoms with E-state index in [1.165, 1.54) is 13.3 Å². The largest absolute Gasteiger partial charge is 0.493 e. The SMILES string of the molecule is COc1cccnc1NC(=O)NC1CC(O)(C(F)(F)F)C1. The Hall–Kier alpha value is -2.03. The molecule has 0 atom stereocenters. The summed E-state index contributed by atoms with van der Waals surface area (Å²) in [5.41, 5.74) is -2.71. The molecule has 0 saturated heterocycles. The number of alkyl halides is 3. The topological polar surface area (TPSA) is 83.5 Å². The quantitative estimate of drug-likeness (QED) is 0.793. The predicted octanol–water partition coefficient (Wildman–Crippen LogP) is 1.67. The molecule has 6 nitrogen and oxygen atoms in total. The molecule has 1 aliphatic rings. The van der Waals surface area contributed by atoms with E-state index in [9.17, 15) is 23.1 Å². The molecule has 0 unspecified atom stereocenters. The maximum atomic E-state index is 12.4. The molecule has 0 bridgehead atoms. The Bertz CT molecular complexity index is 530. The minimum Gasteiger partial charge on any atom is -0.493 e. The number of carbonyl (C=O) groups excluding carboxylic acids is 1. The lowest BCUT2D eigenvalue weighted by Gasteiger charge is -2.44. The Morgan fingerprint density at radius 3 is 2.76 bits per heavy atom. The zero-order valence-electron chi connectivity index (χ0n) is 11.1. The Labute approximate surface area is 118 Å². The standard InChI is InChI=1S/C12H14F3N3O3/c1-21-8-3-2-4-16-9(8)18-10(19)17-7-5-11(20,6-7)12(13,14)15/h2-4,7,20H,5-6H2,1H3,(H2,16,17,18,19). The van der Waals surface area contributed by atoms with Gasteiger partial charge in [-0.3, -0.25) is 5.32 Å². The fourth-order valence-electron chi connectivity index (χ4n) is 2.07. The summed E-state index contributed by atoms with van der Waals surface area (Å²) in [6.45, 7) is 0. The van der Waals surface area contributed by atoms with Crippen molar-refractivity contribution in [1.29, 1.82) is 0 Å². The van der Waals surface area contributed by atoms with Crippen LogP contribution in [0.25, 0.3) is 0 Å². The van der Waals surface area contributed by atoms with E-state index in [2.05, 4.69) is 15.6 Å². The van der Waals surface area contributed by atoms with Crippen molar-refractivity contribution in [2.75, 3.05) is 12.4 Å². The first kappa shape index (κ1) is 15.4. The summed E-state index contributed by atoms with van der Waals surface area (Å²) in [4.78, 5) is 15.5. The first-order chi connectivity index (χ1) is 9.75. The molecule has 21 heavy (non-hydrogen) atoms. The third-order valence-electron chi connectivity index (χ3n) is 3.25. The van der Waals surface area contributed by atoms with Crippen LogP contribution in [0.4, 0.5) is 23.8 Å². The molecule has 0 aliphatic heterocycles. The number of ether oxygens (including phenoxy) is 1. The summed E-state index contributed by atoms with van der Waals surface area (Å²) in [6.07, 6.45) is -4.39. The summed E-state index contributed by atoms with van der Waals surface area (Å²) in [6, 6.07) is 1.73. The highest BCUT2D eigenvalue weighted by Gasteiger charge is 2.61.